The molecule has 1 heterocycles. The van der Waals surface area contributed by atoms with Gasteiger partial charge < -0.3 is 5.73 Å². The lowest BCUT2D eigenvalue weighted by Crippen LogP contribution is -2.26. The molecule has 0 radical (unpaired) electrons. The molecular formula is C8H11N3O2S. The maximum absolute atomic E-state index is 11.6. The van der Waals surface area contributed by atoms with Crippen LogP contribution in [-0.4, -0.2) is 19.4 Å². The SMILES string of the molecule is Nc1ccc(S(=O)(=O)NC2CC2)nc1. The van der Waals surface area contributed by atoms with Gasteiger partial charge in [-0.2, -0.15) is 0 Å². The van der Waals surface area contributed by atoms with Gasteiger partial charge in [0.15, 0.2) is 5.03 Å². The quantitative estimate of drug-likeness (QED) is 0.746. The van der Waals surface area contributed by atoms with Gasteiger partial charge in [-0.25, -0.2) is 18.1 Å². The standard InChI is InChI=1S/C8H11N3O2S/c9-6-1-4-8(10-5-6)14(12,13)11-7-2-3-7/h1,4-5,7,11H,2-3,9H2. The Kier molecular flexibility index (Phi) is 2.16. The van der Waals surface area contributed by atoms with E-state index >= 15 is 0 Å². The van der Waals surface area contributed by atoms with Crippen molar-refractivity contribution in [3.05, 3.63) is 18.3 Å². The molecule has 0 atom stereocenters. The highest BCUT2D eigenvalue weighted by atomic mass is 32.2. The first-order valence-electron chi connectivity index (χ1n) is 4.32. The highest BCUT2D eigenvalue weighted by Crippen LogP contribution is 2.21. The Bertz CT molecular complexity index is 422. The highest BCUT2D eigenvalue weighted by Gasteiger charge is 2.28. The molecule has 0 aromatic carbocycles. The van der Waals surface area contributed by atoms with Crippen LogP contribution in [0.2, 0.25) is 0 Å². The van der Waals surface area contributed by atoms with Crippen molar-refractivity contribution >= 4 is 15.7 Å². The van der Waals surface area contributed by atoms with Crippen LogP contribution in [0, 0.1) is 0 Å². The maximum Gasteiger partial charge on any atom is 0.258 e. The predicted octanol–water partition coefficient (Wildman–Crippen LogP) is 0.104. The molecule has 1 aliphatic carbocycles. The third-order valence-corrected chi connectivity index (χ3v) is 3.37. The van der Waals surface area contributed by atoms with Crippen LogP contribution in [0.25, 0.3) is 0 Å². The molecule has 1 aromatic rings. The summed E-state index contributed by atoms with van der Waals surface area (Å²) in [6.07, 6.45) is 3.16. The van der Waals surface area contributed by atoms with Crippen molar-refractivity contribution in [3.8, 4) is 0 Å². The van der Waals surface area contributed by atoms with E-state index in [-0.39, 0.29) is 11.1 Å². The van der Waals surface area contributed by atoms with Gasteiger partial charge in [0.1, 0.15) is 0 Å². The van der Waals surface area contributed by atoms with Gasteiger partial charge in [0, 0.05) is 6.04 Å². The van der Waals surface area contributed by atoms with Crippen LogP contribution in [0.1, 0.15) is 12.8 Å². The summed E-state index contributed by atoms with van der Waals surface area (Å²) in [5.74, 6) is 0. The molecule has 0 spiro atoms. The van der Waals surface area contributed by atoms with Gasteiger partial charge in [-0.1, -0.05) is 0 Å². The minimum Gasteiger partial charge on any atom is -0.397 e. The first-order chi connectivity index (χ1) is 6.58. The van der Waals surface area contributed by atoms with Crippen molar-refractivity contribution in [1.29, 1.82) is 0 Å². The minimum absolute atomic E-state index is 0.0265. The summed E-state index contributed by atoms with van der Waals surface area (Å²) in [6, 6.07) is 3.02. The number of nitrogens with two attached hydrogens (primary N) is 1. The van der Waals surface area contributed by atoms with Gasteiger partial charge >= 0.3 is 0 Å². The van der Waals surface area contributed by atoms with Crippen LogP contribution in [0.3, 0.4) is 0 Å². The number of nitrogen functional groups attached to an aromatic ring is 1. The van der Waals surface area contributed by atoms with Crippen molar-refractivity contribution in [2.45, 2.75) is 23.9 Å². The van der Waals surface area contributed by atoms with E-state index in [1.165, 1.54) is 18.3 Å². The molecule has 5 nitrogen and oxygen atoms in total. The number of nitrogens with one attached hydrogen (secondary N) is 1. The van der Waals surface area contributed by atoms with Crippen LogP contribution in [0.15, 0.2) is 23.4 Å². The zero-order valence-electron chi connectivity index (χ0n) is 7.47. The van der Waals surface area contributed by atoms with E-state index in [0.29, 0.717) is 5.69 Å². The molecule has 1 fully saturated rings. The Labute approximate surface area is 82.4 Å². The fourth-order valence-electron chi connectivity index (χ4n) is 1.03. The molecule has 14 heavy (non-hydrogen) atoms. The van der Waals surface area contributed by atoms with Crippen molar-refractivity contribution in [2.75, 3.05) is 5.73 Å². The lowest BCUT2D eigenvalue weighted by atomic mass is 10.4. The number of hydrogen-bond donors (Lipinski definition) is 2. The second-order valence-corrected chi connectivity index (χ2v) is 4.99. The second kappa shape index (κ2) is 3.21. The molecule has 1 aliphatic rings. The van der Waals surface area contributed by atoms with Gasteiger partial charge in [0.25, 0.3) is 10.0 Å². The Hall–Kier alpha value is -1.14. The fraction of sp³-hybridized carbons (Fsp3) is 0.375. The van der Waals surface area contributed by atoms with E-state index in [9.17, 15) is 8.42 Å². The second-order valence-electron chi connectivity index (χ2n) is 3.33. The monoisotopic (exact) mass is 213 g/mol. The Balaban J connectivity index is 2.24. The summed E-state index contributed by atoms with van der Waals surface area (Å²) in [6.45, 7) is 0. The molecule has 3 N–H and O–H groups in total. The molecular weight excluding hydrogens is 202 g/mol. The largest absolute Gasteiger partial charge is 0.397 e. The van der Waals surface area contributed by atoms with Gasteiger partial charge in [-0.15, -0.1) is 0 Å². The minimum atomic E-state index is -3.43. The summed E-state index contributed by atoms with van der Waals surface area (Å²) < 4.78 is 25.7. The molecule has 6 heteroatoms. The highest BCUT2D eigenvalue weighted by molar-refractivity contribution is 7.89. The first kappa shape index (κ1) is 9.42. The Morgan fingerprint density at radius 3 is 2.64 bits per heavy atom. The van der Waals surface area contributed by atoms with Crippen LogP contribution < -0.4 is 10.5 Å². The third-order valence-electron chi connectivity index (χ3n) is 1.93. The first-order valence-corrected chi connectivity index (χ1v) is 5.80. The van der Waals surface area contributed by atoms with Crippen LogP contribution in [0.4, 0.5) is 5.69 Å². The molecule has 2 rings (SSSR count). The number of rotatable bonds is 3. The maximum atomic E-state index is 11.6. The molecule has 76 valence electrons. The van der Waals surface area contributed by atoms with Crippen molar-refractivity contribution in [2.24, 2.45) is 0 Å². The third kappa shape index (κ3) is 2.02. The fourth-order valence-corrected chi connectivity index (χ4v) is 2.27. The number of hydrogen-bond acceptors (Lipinski definition) is 4. The van der Waals surface area contributed by atoms with Crippen molar-refractivity contribution in [1.82, 2.24) is 9.71 Å². The molecule has 0 saturated heterocycles. The van der Waals surface area contributed by atoms with Gasteiger partial charge in [0.05, 0.1) is 11.9 Å². The Morgan fingerprint density at radius 2 is 2.14 bits per heavy atom. The molecule has 1 aromatic heterocycles. The van der Waals surface area contributed by atoms with E-state index in [1.807, 2.05) is 0 Å². The average molecular weight is 213 g/mol. The summed E-state index contributed by atoms with van der Waals surface area (Å²) in [7, 11) is -3.43. The summed E-state index contributed by atoms with van der Waals surface area (Å²) in [4.78, 5) is 3.76. The number of sulfonamides is 1. The summed E-state index contributed by atoms with van der Waals surface area (Å²) in [5, 5.41) is 0.0265. The number of anilines is 1. The molecule has 0 unspecified atom stereocenters. The van der Waals surface area contributed by atoms with E-state index in [0.717, 1.165) is 12.8 Å². The number of pyridine rings is 1. The predicted molar refractivity (Wildman–Crippen MR) is 52.0 cm³/mol. The number of nitrogens with zero attached hydrogens (tertiary/aromatic N) is 1. The molecule has 0 aliphatic heterocycles. The van der Waals surface area contributed by atoms with Crippen molar-refractivity contribution < 1.29 is 8.42 Å². The zero-order chi connectivity index (χ0) is 10.2. The smallest absolute Gasteiger partial charge is 0.258 e. The summed E-state index contributed by atoms with van der Waals surface area (Å²) in [5.41, 5.74) is 5.86. The molecule has 1 saturated carbocycles. The van der Waals surface area contributed by atoms with E-state index in [1.54, 1.807) is 0 Å². The van der Waals surface area contributed by atoms with Gasteiger partial charge in [-0.3, -0.25) is 0 Å². The zero-order valence-corrected chi connectivity index (χ0v) is 8.29. The number of aromatic nitrogens is 1. The normalized spacial score (nSPS) is 16.9. The van der Waals surface area contributed by atoms with Crippen LogP contribution in [0.5, 0.6) is 0 Å². The lowest BCUT2D eigenvalue weighted by Gasteiger charge is -2.03. The molecule has 0 amide bonds. The van der Waals surface area contributed by atoms with E-state index in [4.69, 9.17) is 5.73 Å². The van der Waals surface area contributed by atoms with Gasteiger partial charge in [-0.05, 0) is 25.0 Å². The van der Waals surface area contributed by atoms with Crippen molar-refractivity contribution in [3.63, 3.8) is 0 Å². The molecule has 0 bridgehead atoms. The van der Waals surface area contributed by atoms with E-state index < -0.39 is 10.0 Å². The lowest BCUT2D eigenvalue weighted by molar-refractivity contribution is 0.577. The van der Waals surface area contributed by atoms with Crippen LogP contribution in [-0.2, 0) is 10.0 Å². The topological polar surface area (TPSA) is 85.1 Å². The Morgan fingerprint density at radius 1 is 1.43 bits per heavy atom. The van der Waals surface area contributed by atoms with E-state index in [2.05, 4.69) is 9.71 Å². The van der Waals surface area contributed by atoms with Gasteiger partial charge in [0.2, 0.25) is 0 Å². The average Bonchev–Trinajstić information content (AvgIpc) is 2.88. The van der Waals surface area contributed by atoms with Crippen LogP contribution >= 0.6 is 0 Å². The summed E-state index contributed by atoms with van der Waals surface area (Å²) >= 11 is 0.